The maximum Gasteiger partial charge on any atom is 0.325 e. The van der Waals surface area contributed by atoms with Crippen LogP contribution in [0.1, 0.15) is 58.1 Å². The van der Waals surface area contributed by atoms with Gasteiger partial charge in [0.05, 0.1) is 53.3 Å². The Balaban J connectivity index is 1.42. The highest BCUT2D eigenvalue weighted by Crippen LogP contribution is 2.37. The van der Waals surface area contributed by atoms with Gasteiger partial charge in [0.15, 0.2) is 0 Å². The number of carbonyl (C=O) groups excluding carboxylic acids is 2. The van der Waals surface area contributed by atoms with Crippen LogP contribution in [-0.2, 0) is 20.3 Å². The Hall–Kier alpha value is -4.14. The van der Waals surface area contributed by atoms with Crippen molar-refractivity contribution in [3.8, 4) is 17.6 Å². The van der Waals surface area contributed by atoms with Gasteiger partial charge in [-0.1, -0.05) is 59.6 Å². The summed E-state index contributed by atoms with van der Waals surface area (Å²) in [4.78, 5) is 32.1. The molecular formula is C39H41Cl2N3O6S. The van der Waals surface area contributed by atoms with Crippen molar-refractivity contribution in [3.05, 3.63) is 99.0 Å². The number of carbonyl (C=O) groups is 2. The fourth-order valence-electron chi connectivity index (χ4n) is 6.86. The summed E-state index contributed by atoms with van der Waals surface area (Å²) >= 11 is 12.8. The monoisotopic (exact) mass is 749 g/mol. The summed E-state index contributed by atoms with van der Waals surface area (Å²) in [6.45, 7) is 2.26. The molecule has 0 aliphatic carbocycles. The van der Waals surface area contributed by atoms with Crippen molar-refractivity contribution in [1.82, 2.24) is 9.80 Å². The molecule has 0 unspecified atom stereocenters. The predicted octanol–water partition coefficient (Wildman–Crippen LogP) is 7.44. The Labute approximate surface area is 311 Å². The average Bonchev–Trinajstić information content (AvgIpc) is 3.15. The quantitative estimate of drug-likeness (QED) is 0.130. The molecule has 1 aliphatic rings. The van der Waals surface area contributed by atoms with E-state index in [-0.39, 0.29) is 41.8 Å². The molecule has 1 saturated heterocycles. The molecule has 0 bridgehead atoms. The van der Waals surface area contributed by atoms with E-state index in [1.165, 1.54) is 19.1 Å². The van der Waals surface area contributed by atoms with Gasteiger partial charge in [-0.15, -0.1) is 0 Å². The van der Waals surface area contributed by atoms with Crippen molar-refractivity contribution in [3.63, 3.8) is 0 Å². The van der Waals surface area contributed by atoms with E-state index in [4.69, 9.17) is 37.4 Å². The van der Waals surface area contributed by atoms with Gasteiger partial charge < -0.3 is 24.0 Å². The molecule has 1 aliphatic heterocycles. The van der Waals surface area contributed by atoms with Crippen molar-refractivity contribution in [2.45, 2.75) is 36.0 Å². The summed E-state index contributed by atoms with van der Waals surface area (Å²) in [6.07, 6.45) is 4.16. The smallest absolute Gasteiger partial charge is 0.325 e. The van der Waals surface area contributed by atoms with E-state index in [1.54, 1.807) is 31.6 Å². The zero-order valence-corrected chi connectivity index (χ0v) is 31.4. The first-order valence-corrected chi connectivity index (χ1v) is 18.9. The summed E-state index contributed by atoms with van der Waals surface area (Å²) in [6, 6.07) is 22.4. The van der Waals surface area contributed by atoms with Crippen LogP contribution in [0.5, 0.6) is 11.5 Å². The topological polar surface area (TPSA) is 109 Å². The first-order valence-electron chi connectivity index (χ1n) is 16.6. The number of ether oxygens (including phenoxy) is 3. The third kappa shape index (κ3) is 8.85. The van der Waals surface area contributed by atoms with Crippen molar-refractivity contribution >= 4 is 56.7 Å². The van der Waals surface area contributed by atoms with E-state index in [9.17, 15) is 19.1 Å². The number of nitriles is 1. The number of halogens is 2. The molecule has 0 spiro atoms. The van der Waals surface area contributed by atoms with Crippen LogP contribution >= 0.6 is 23.2 Å². The average molecular weight is 751 g/mol. The molecular weight excluding hydrogens is 709 g/mol. The van der Waals surface area contributed by atoms with Crippen LogP contribution in [0.3, 0.4) is 0 Å². The summed E-state index contributed by atoms with van der Waals surface area (Å²) in [5.74, 6) is -0.156. The summed E-state index contributed by atoms with van der Waals surface area (Å²) < 4.78 is 28.6. The van der Waals surface area contributed by atoms with Crippen molar-refractivity contribution in [2.24, 2.45) is 0 Å². The standard InChI is InChI=1S/C39H41Cl2N3O6S/c1-48-30-10-11-31(35(21-30)51(4)47)25-13-16-43(17-14-25)18-15-28(26-9-12-33(40)34(41)20-26)23-44(24-36(45)49-2)39(46)37-32-8-6-5-7-27(32)19-29(22-42)38(37)50-3/h5-12,19-21,25,28H,13-18,23-24H2,1-4H3/t28-,51+/m1/s1. The van der Waals surface area contributed by atoms with Crippen LogP contribution in [0.25, 0.3) is 10.8 Å². The number of piperidine rings is 1. The molecule has 9 nitrogen and oxygen atoms in total. The Kier molecular flexibility index (Phi) is 13.0. The van der Waals surface area contributed by atoms with E-state index in [1.807, 2.05) is 48.5 Å². The molecule has 51 heavy (non-hydrogen) atoms. The summed E-state index contributed by atoms with van der Waals surface area (Å²) in [5, 5.41) is 12.1. The van der Waals surface area contributed by atoms with Crippen LogP contribution in [0.15, 0.2) is 71.6 Å². The third-order valence-corrected chi connectivity index (χ3v) is 11.3. The van der Waals surface area contributed by atoms with Gasteiger partial charge in [0.25, 0.3) is 5.91 Å². The van der Waals surface area contributed by atoms with Gasteiger partial charge in [-0.2, -0.15) is 5.26 Å². The second-order valence-corrected chi connectivity index (χ2v) is 14.7. The summed E-state index contributed by atoms with van der Waals surface area (Å²) in [7, 11) is 3.17. The van der Waals surface area contributed by atoms with E-state index in [0.29, 0.717) is 33.0 Å². The number of fused-ring (bicyclic) bond motifs is 1. The molecule has 4 aromatic rings. The number of amides is 1. The lowest BCUT2D eigenvalue weighted by atomic mass is 9.88. The molecule has 268 valence electrons. The summed E-state index contributed by atoms with van der Waals surface area (Å²) in [5.41, 5.74) is 2.40. The first-order chi connectivity index (χ1) is 24.6. The second kappa shape index (κ2) is 17.4. The fraction of sp³-hybridized carbons (Fsp3) is 0.359. The van der Waals surface area contributed by atoms with Crippen molar-refractivity contribution < 1.29 is 28.0 Å². The van der Waals surface area contributed by atoms with Gasteiger partial charge in [-0.05, 0) is 97.0 Å². The highest BCUT2D eigenvalue weighted by Gasteiger charge is 2.30. The lowest BCUT2D eigenvalue weighted by molar-refractivity contribution is -0.141. The number of hydrogen-bond acceptors (Lipinski definition) is 8. The molecule has 1 heterocycles. The molecule has 0 N–H and O–H groups in total. The Morgan fingerprint density at radius 1 is 1.00 bits per heavy atom. The molecule has 0 saturated carbocycles. The number of methoxy groups -OCH3 is 3. The SMILES string of the molecule is COC(=O)CN(C[C@@H](CCN1CCC(c2ccc(OC)cc2[S@](C)=O)CC1)c1ccc(Cl)c(Cl)c1)C(=O)c1c(OC)c(C#N)cc2ccccc12. The van der Waals surface area contributed by atoms with Crippen LogP contribution in [-0.4, -0.2) is 86.2 Å². The Morgan fingerprint density at radius 3 is 2.39 bits per heavy atom. The van der Waals surface area contributed by atoms with E-state index < -0.39 is 22.7 Å². The van der Waals surface area contributed by atoms with Gasteiger partial charge in [0.2, 0.25) is 0 Å². The predicted molar refractivity (Wildman–Crippen MR) is 201 cm³/mol. The minimum Gasteiger partial charge on any atom is -0.497 e. The number of rotatable bonds is 13. The van der Waals surface area contributed by atoms with Gasteiger partial charge >= 0.3 is 5.97 Å². The van der Waals surface area contributed by atoms with Crippen molar-refractivity contribution in [2.75, 3.05) is 60.3 Å². The van der Waals surface area contributed by atoms with Crippen LogP contribution in [0.4, 0.5) is 0 Å². The Morgan fingerprint density at radius 2 is 1.75 bits per heavy atom. The van der Waals surface area contributed by atoms with Crippen LogP contribution in [0.2, 0.25) is 10.0 Å². The first kappa shape index (κ1) is 38.1. The third-order valence-electron chi connectivity index (χ3n) is 9.58. The molecule has 2 atom stereocenters. The van der Waals surface area contributed by atoms with Crippen LogP contribution < -0.4 is 9.47 Å². The molecule has 12 heteroatoms. The maximum absolute atomic E-state index is 14.6. The number of esters is 1. The zero-order valence-electron chi connectivity index (χ0n) is 29.1. The van der Waals surface area contributed by atoms with Crippen molar-refractivity contribution in [1.29, 1.82) is 5.26 Å². The Bertz CT molecular complexity index is 1970. The van der Waals surface area contributed by atoms with Gasteiger partial charge in [0, 0.05) is 23.6 Å². The molecule has 0 radical (unpaired) electrons. The lowest BCUT2D eigenvalue weighted by Gasteiger charge is -2.34. The molecule has 1 amide bonds. The largest absolute Gasteiger partial charge is 0.497 e. The lowest BCUT2D eigenvalue weighted by Crippen LogP contribution is -2.40. The molecule has 5 rings (SSSR count). The molecule has 1 fully saturated rings. The van der Waals surface area contributed by atoms with Gasteiger partial charge in [0.1, 0.15) is 24.1 Å². The minimum absolute atomic E-state index is 0.150. The fourth-order valence-corrected chi connectivity index (χ4v) is 8.02. The zero-order chi connectivity index (χ0) is 36.7. The highest BCUT2D eigenvalue weighted by molar-refractivity contribution is 7.84. The number of hydrogen-bond donors (Lipinski definition) is 0. The maximum atomic E-state index is 14.6. The van der Waals surface area contributed by atoms with Gasteiger partial charge in [-0.3, -0.25) is 13.8 Å². The van der Waals surface area contributed by atoms with E-state index in [0.717, 1.165) is 48.5 Å². The number of benzene rings is 4. The number of nitrogens with zero attached hydrogens (tertiary/aromatic N) is 3. The molecule has 0 aromatic heterocycles. The molecule has 4 aromatic carbocycles. The minimum atomic E-state index is -1.14. The van der Waals surface area contributed by atoms with E-state index in [2.05, 4.69) is 11.0 Å². The number of likely N-dealkylation sites (tertiary alicyclic amines) is 1. The second-order valence-electron chi connectivity index (χ2n) is 12.6. The van der Waals surface area contributed by atoms with Crippen LogP contribution in [0, 0.1) is 11.3 Å². The van der Waals surface area contributed by atoms with Gasteiger partial charge in [-0.25, -0.2) is 0 Å². The normalized spacial score (nSPS) is 14.8. The highest BCUT2D eigenvalue weighted by atomic mass is 35.5. The van der Waals surface area contributed by atoms with E-state index >= 15 is 0 Å².